The number of hydrogen-bond donors (Lipinski definition) is 2. The molecule has 0 radical (unpaired) electrons. The third kappa shape index (κ3) is 4.94. The molecule has 0 aliphatic carbocycles. The highest BCUT2D eigenvalue weighted by Gasteiger charge is 2.14. The molecule has 0 heterocycles. The van der Waals surface area contributed by atoms with E-state index in [-0.39, 0.29) is 19.0 Å². The van der Waals surface area contributed by atoms with E-state index in [1.165, 1.54) is 0 Å². The summed E-state index contributed by atoms with van der Waals surface area (Å²) in [6.07, 6.45) is 0.694. The smallest absolute Gasteiger partial charge is 0.119 e. The van der Waals surface area contributed by atoms with E-state index in [4.69, 9.17) is 21.4 Å². The summed E-state index contributed by atoms with van der Waals surface area (Å²) in [6.45, 7) is 0.236. The summed E-state index contributed by atoms with van der Waals surface area (Å²) in [5.74, 6) is 1.41. The first-order valence-corrected chi connectivity index (χ1v) is 9.74. The van der Waals surface area contributed by atoms with Gasteiger partial charge in [0, 0.05) is 5.88 Å². The highest BCUT2D eigenvalue weighted by atomic mass is 35.5. The molecule has 0 aromatic heterocycles. The number of ether oxygens (including phenoxy) is 1. The summed E-state index contributed by atoms with van der Waals surface area (Å²) in [6, 6.07) is 25.2. The Morgan fingerprint density at radius 3 is 2.18 bits per heavy atom. The number of phenolic OH excluding ortho intramolecular Hbond substituents is 1. The predicted molar refractivity (Wildman–Crippen MR) is 115 cm³/mol. The molecule has 0 aliphatic rings. The fraction of sp³-hybridized carbons (Fsp3) is 0.167. The lowest BCUT2D eigenvalue weighted by Crippen LogP contribution is -2.01. The molecule has 4 heteroatoms. The van der Waals surface area contributed by atoms with Crippen LogP contribution in [0.3, 0.4) is 0 Å². The maximum absolute atomic E-state index is 10.0. The van der Waals surface area contributed by atoms with Crippen molar-refractivity contribution in [2.75, 3.05) is 19.1 Å². The van der Waals surface area contributed by atoms with Crippen molar-refractivity contribution >= 4 is 22.7 Å². The number of phenols is 1. The molecule has 2 N–H and O–H groups in total. The van der Waals surface area contributed by atoms with Crippen molar-refractivity contribution in [1.82, 2.24) is 0 Å². The number of hydrogen-bond acceptors (Lipinski definition) is 3. The van der Waals surface area contributed by atoms with Gasteiger partial charge in [0.2, 0.25) is 0 Å². The maximum atomic E-state index is 10.0. The summed E-state index contributed by atoms with van der Waals surface area (Å²) >= 11 is 6.15. The van der Waals surface area contributed by atoms with Gasteiger partial charge in [-0.05, 0) is 58.5 Å². The van der Waals surface area contributed by atoms with Crippen LogP contribution in [-0.2, 0) is 0 Å². The average Bonchev–Trinajstić information content (AvgIpc) is 2.73. The number of aromatic hydroxyl groups is 1. The molecule has 3 aromatic carbocycles. The van der Waals surface area contributed by atoms with Crippen molar-refractivity contribution in [2.24, 2.45) is 0 Å². The number of alkyl halides is 1. The third-order valence-electron chi connectivity index (χ3n) is 4.41. The Morgan fingerprint density at radius 1 is 0.821 bits per heavy atom. The van der Waals surface area contributed by atoms with E-state index >= 15 is 0 Å². The SMILES string of the molecule is OCCOc1ccc(/C(=C(/CCCl)c2ccccc2)c2cccc(O)c2)cc1. The molecule has 0 fully saturated rings. The van der Waals surface area contributed by atoms with Crippen LogP contribution in [0.2, 0.25) is 0 Å². The molecule has 144 valence electrons. The van der Waals surface area contributed by atoms with Crippen molar-refractivity contribution in [3.8, 4) is 11.5 Å². The molecule has 0 spiro atoms. The summed E-state index contributed by atoms with van der Waals surface area (Å²) in [7, 11) is 0. The average molecular weight is 395 g/mol. The Balaban J connectivity index is 2.16. The second-order valence-corrected chi connectivity index (χ2v) is 6.68. The first kappa shape index (κ1) is 20.0. The van der Waals surface area contributed by atoms with Crippen LogP contribution >= 0.6 is 11.6 Å². The number of aliphatic hydroxyl groups excluding tert-OH is 1. The molecule has 0 saturated heterocycles. The molecular formula is C24H23ClO3. The minimum absolute atomic E-state index is 0.0237. The van der Waals surface area contributed by atoms with Crippen molar-refractivity contribution in [3.05, 3.63) is 95.6 Å². The van der Waals surface area contributed by atoms with Crippen molar-refractivity contribution in [3.63, 3.8) is 0 Å². The van der Waals surface area contributed by atoms with Crippen LogP contribution < -0.4 is 4.74 Å². The van der Waals surface area contributed by atoms with Gasteiger partial charge < -0.3 is 14.9 Å². The molecule has 0 aliphatic heterocycles. The lowest BCUT2D eigenvalue weighted by atomic mass is 9.88. The van der Waals surface area contributed by atoms with Gasteiger partial charge in [0.25, 0.3) is 0 Å². The maximum Gasteiger partial charge on any atom is 0.119 e. The van der Waals surface area contributed by atoms with Gasteiger partial charge in [0.1, 0.15) is 18.1 Å². The highest BCUT2D eigenvalue weighted by molar-refractivity contribution is 6.18. The minimum Gasteiger partial charge on any atom is -0.508 e. The van der Waals surface area contributed by atoms with E-state index in [0.29, 0.717) is 18.1 Å². The van der Waals surface area contributed by atoms with Gasteiger partial charge in [-0.25, -0.2) is 0 Å². The van der Waals surface area contributed by atoms with Crippen LogP contribution in [0.4, 0.5) is 0 Å². The number of allylic oxidation sites excluding steroid dienone is 1. The van der Waals surface area contributed by atoms with Crippen LogP contribution in [0, 0.1) is 0 Å². The summed E-state index contributed by atoms with van der Waals surface area (Å²) < 4.78 is 5.48. The van der Waals surface area contributed by atoms with E-state index in [1.54, 1.807) is 12.1 Å². The molecule has 0 amide bonds. The van der Waals surface area contributed by atoms with E-state index < -0.39 is 0 Å². The lowest BCUT2D eigenvalue weighted by molar-refractivity contribution is 0.201. The van der Waals surface area contributed by atoms with Crippen LogP contribution in [0.5, 0.6) is 11.5 Å². The van der Waals surface area contributed by atoms with Crippen molar-refractivity contribution < 1.29 is 14.9 Å². The molecular weight excluding hydrogens is 372 g/mol. The van der Waals surface area contributed by atoms with Gasteiger partial charge in [-0.2, -0.15) is 0 Å². The molecule has 3 aromatic rings. The molecule has 3 rings (SSSR count). The van der Waals surface area contributed by atoms with Crippen molar-refractivity contribution in [1.29, 1.82) is 0 Å². The number of rotatable bonds is 8. The summed E-state index contributed by atoms with van der Waals surface area (Å²) in [5, 5.41) is 19.0. The van der Waals surface area contributed by atoms with Gasteiger partial charge in [-0.1, -0.05) is 54.6 Å². The minimum atomic E-state index is -0.0237. The van der Waals surface area contributed by atoms with Crippen LogP contribution in [0.25, 0.3) is 11.1 Å². The predicted octanol–water partition coefficient (Wildman–Crippen LogP) is 5.35. The topological polar surface area (TPSA) is 49.7 Å². The van der Waals surface area contributed by atoms with Gasteiger partial charge in [-0.15, -0.1) is 11.6 Å². The zero-order valence-corrected chi connectivity index (χ0v) is 16.3. The molecule has 0 unspecified atom stereocenters. The second kappa shape index (κ2) is 9.98. The quantitative estimate of drug-likeness (QED) is 0.400. The summed E-state index contributed by atoms with van der Waals surface area (Å²) in [5.41, 5.74) is 5.17. The largest absolute Gasteiger partial charge is 0.508 e. The van der Waals surface area contributed by atoms with Gasteiger partial charge in [-0.3, -0.25) is 0 Å². The number of aliphatic hydroxyl groups is 1. The molecule has 0 bridgehead atoms. The Hall–Kier alpha value is -2.75. The summed E-state index contributed by atoms with van der Waals surface area (Å²) in [4.78, 5) is 0. The van der Waals surface area contributed by atoms with E-state index in [0.717, 1.165) is 27.8 Å². The van der Waals surface area contributed by atoms with E-state index in [2.05, 4.69) is 12.1 Å². The Bertz CT molecular complexity index is 918. The third-order valence-corrected chi connectivity index (χ3v) is 4.60. The molecule has 0 atom stereocenters. The first-order chi connectivity index (χ1) is 13.7. The van der Waals surface area contributed by atoms with Crippen molar-refractivity contribution in [2.45, 2.75) is 6.42 Å². The van der Waals surface area contributed by atoms with Crippen LogP contribution in [-0.4, -0.2) is 29.3 Å². The lowest BCUT2D eigenvalue weighted by Gasteiger charge is -2.17. The Kier molecular flexibility index (Phi) is 7.12. The Morgan fingerprint density at radius 2 is 1.54 bits per heavy atom. The molecule has 3 nitrogen and oxygen atoms in total. The normalized spacial score (nSPS) is 11.8. The zero-order valence-electron chi connectivity index (χ0n) is 15.5. The highest BCUT2D eigenvalue weighted by Crippen LogP contribution is 2.36. The van der Waals surface area contributed by atoms with Crippen LogP contribution in [0.1, 0.15) is 23.1 Å². The monoisotopic (exact) mass is 394 g/mol. The Labute approximate surface area is 170 Å². The van der Waals surface area contributed by atoms with Crippen LogP contribution in [0.15, 0.2) is 78.9 Å². The second-order valence-electron chi connectivity index (χ2n) is 6.31. The molecule has 0 saturated carbocycles. The zero-order chi connectivity index (χ0) is 19.8. The van der Waals surface area contributed by atoms with E-state index in [1.807, 2.05) is 54.6 Å². The molecule has 28 heavy (non-hydrogen) atoms. The van der Waals surface area contributed by atoms with Gasteiger partial charge in [0.05, 0.1) is 6.61 Å². The van der Waals surface area contributed by atoms with Gasteiger partial charge in [0.15, 0.2) is 0 Å². The standard InChI is InChI=1S/C24H23ClO3/c25-14-13-23(18-5-2-1-3-6-18)24(20-7-4-8-21(27)17-20)19-9-11-22(12-10-19)28-16-15-26/h1-12,17,26-27H,13-16H2/b24-23+. The van der Waals surface area contributed by atoms with E-state index in [9.17, 15) is 5.11 Å². The number of benzene rings is 3. The number of halogens is 1. The first-order valence-electron chi connectivity index (χ1n) is 9.21. The van der Waals surface area contributed by atoms with Gasteiger partial charge >= 0.3 is 0 Å². The fourth-order valence-electron chi connectivity index (χ4n) is 3.21. The fourth-order valence-corrected chi connectivity index (χ4v) is 3.39.